The van der Waals surface area contributed by atoms with E-state index >= 15 is 0 Å². The summed E-state index contributed by atoms with van der Waals surface area (Å²) in [6.07, 6.45) is 6.88. The lowest BCUT2D eigenvalue weighted by Crippen LogP contribution is -2.57. The molecule has 0 aromatic rings. The van der Waals surface area contributed by atoms with Crippen LogP contribution < -0.4 is 5.73 Å². The number of hydrogen-bond donors (Lipinski definition) is 1. The molecule has 1 aliphatic heterocycles. The fourth-order valence-corrected chi connectivity index (χ4v) is 3.43. The number of likely N-dealkylation sites (N-methyl/N-ethyl adjacent to an activating group) is 2. The molecule has 1 saturated heterocycles. The molecule has 2 fully saturated rings. The van der Waals surface area contributed by atoms with Crippen LogP contribution in [0.4, 0.5) is 0 Å². The first-order valence-corrected chi connectivity index (χ1v) is 7.38. The number of nitrogens with two attached hydrogens (primary N) is 1. The maximum absolute atomic E-state index is 6.08. The standard InChI is InChI=1S/C14H29N3O/c1-16-8-9-18-13(10-16)11-17(2)14(12-15)6-4-3-5-7-14/h13H,3-12,15H2,1-2H3. The summed E-state index contributed by atoms with van der Waals surface area (Å²) >= 11 is 0. The molecule has 4 nitrogen and oxygen atoms in total. The van der Waals surface area contributed by atoms with E-state index in [4.69, 9.17) is 10.5 Å². The van der Waals surface area contributed by atoms with Crippen LogP contribution in [0.15, 0.2) is 0 Å². The van der Waals surface area contributed by atoms with Gasteiger partial charge in [0, 0.05) is 31.7 Å². The zero-order valence-corrected chi connectivity index (χ0v) is 12.0. The molecule has 0 amide bonds. The van der Waals surface area contributed by atoms with E-state index in [2.05, 4.69) is 23.9 Å². The van der Waals surface area contributed by atoms with Crippen molar-refractivity contribution in [3.63, 3.8) is 0 Å². The molecule has 2 aliphatic rings. The summed E-state index contributed by atoms with van der Waals surface area (Å²) < 4.78 is 5.88. The highest BCUT2D eigenvalue weighted by Gasteiger charge is 2.36. The number of hydrogen-bond acceptors (Lipinski definition) is 4. The number of morpholine rings is 1. The number of nitrogens with zero attached hydrogens (tertiary/aromatic N) is 2. The van der Waals surface area contributed by atoms with Crippen LogP contribution in [0, 0.1) is 0 Å². The van der Waals surface area contributed by atoms with E-state index < -0.39 is 0 Å². The fraction of sp³-hybridized carbons (Fsp3) is 1.00. The van der Waals surface area contributed by atoms with Gasteiger partial charge in [0.25, 0.3) is 0 Å². The zero-order chi connectivity index (χ0) is 13.0. The third-order valence-corrected chi connectivity index (χ3v) is 4.79. The Kier molecular flexibility index (Phi) is 5.01. The van der Waals surface area contributed by atoms with Crippen molar-refractivity contribution >= 4 is 0 Å². The van der Waals surface area contributed by atoms with Crippen molar-refractivity contribution in [3.05, 3.63) is 0 Å². The topological polar surface area (TPSA) is 41.7 Å². The second-order valence-corrected chi connectivity index (χ2v) is 6.12. The van der Waals surface area contributed by atoms with Crippen LogP contribution in [0.2, 0.25) is 0 Å². The first-order chi connectivity index (χ1) is 8.66. The molecule has 1 atom stereocenters. The monoisotopic (exact) mass is 255 g/mol. The van der Waals surface area contributed by atoms with Gasteiger partial charge in [-0.15, -0.1) is 0 Å². The Morgan fingerprint density at radius 1 is 1.33 bits per heavy atom. The Morgan fingerprint density at radius 3 is 2.67 bits per heavy atom. The van der Waals surface area contributed by atoms with Crippen molar-refractivity contribution in [1.82, 2.24) is 9.80 Å². The van der Waals surface area contributed by atoms with Gasteiger partial charge in [0.2, 0.25) is 0 Å². The van der Waals surface area contributed by atoms with Crippen molar-refractivity contribution in [1.29, 1.82) is 0 Å². The molecule has 2 rings (SSSR count). The largest absolute Gasteiger partial charge is 0.374 e. The quantitative estimate of drug-likeness (QED) is 0.811. The van der Waals surface area contributed by atoms with E-state index in [9.17, 15) is 0 Å². The fourth-order valence-electron chi connectivity index (χ4n) is 3.43. The minimum absolute atomic E-state index is 0.234. The number of ether oxygens (including phenoxy) is 1. The molecule has 1 aliphatic carbocycles. The predicted molar refractivity (Wildman–Crippen MR) is 74.7 cm³/mol. The van der Waals surface area contributed by atoms with Crippen LogP contribution in [-0.2, 0) is 4.74 Å². The lowest BCUT2D eigenvalue weighted by atomic mass is 9.80. The molecule has 0 spiro atoms. The van der Waals surface area contributed by atoms with Crippen molar-refractivity contribution in [2.45, 2.75) is 43.7 Å². The summed E-state index contributed by atoms with van der Waals surface area (Å²) in [5, 5.41) is 0. The van der Waals surface area contributed by atoms with Gasteiger partial charge in [-0.05, 0) is 26.9 Å². The maximum Gasteiger partial charge on any atom is 0.0829 e. The first kappa shape index (κ1) is 14.3. The highest BCUT2D eigenvalue weighted by atomic mass is 16.5. The van der Waals surface area contributed by atoms with Crippen LogP contribution in [0.3, 0.4) is 0 Å². The third kappa shape index (κ3) is 3.23. The Balaban J connectivity index is 1.90. The van der Waals surface area contributed by atoms with Gasteiger partial charge in [-0.3, -0.25) is 4.90 Å². The normalized spacial score (nSPS) is 29.7. The summed E-state index contributed by atoms with van der Waals surface area (Å²) in [6.45, 7) is 4.77. The molecular formula is C14H29N3O. The van der Waals surface area contributed by atoms with Gasteiger partial charge in [-0.25, -0.2) is 0 Å². The van der Waals surface area contributed by atoms with Crippen molar-refractivity contribution < 1.29 is 4.74 Å². The van der Waals surface area contributed by atoms with Crippen molar-refractivity contribution in [3.8, 4) is 0 Å². The average molecular weight is 255 g/mol. The summed E-state index contributed by atoms with van der Waals surface area (Å²) in [4.78, 5) is 4.84. The predicted octanol–water partition coefficient (Wildman–Crippen LogP) is 0.910. The van der Waals surface area contributed by atoms with Crippen LogP contribution in [0.5, 0.6) is 0 Å². The van der Waals surface area contributed by atoms with Gasteiger partial charge >= 0.3 is 0 Å². The molecule has 0 radical (unpaired) electrons. The molecule has 0 bridgehead atoms. The smallest absolute Gasteiger partial charge is 0.0829 e. The number of rotatable bonds is 4. The van der Waals surface area contributed by atoms with E-state index in [-0.39, 0.29) is 5.54 Å². The summed E-state index contributed by atoms with van der Waals surface area (Å²) in [5.41, 5.74) is 6.31. The second-order valence-electron chi connectivity index (χ2n) is 6.12. The lowest BCUT2D eigenvalue weighted by molar-refractivity contribution is -0.0521. The van der Waals surface area contributed by atoms with Crippen LogP contribution in [0.25, 0.3) is 0 Å². The van der Waals surface area contributed by atoms with Gasteiger partial charge < -0.3 is 15.4 Å². The van der Waals surface area contributed by atoms with Crippen molar-refractivity contribution in [2.24, 2.45) is 5.73 Å². The van der Waals surface area contributed by atoms with Crippen LogP contribution >= 0.6 is 0 Å². The van der Waals surface area contributed by atoms with E-state index in [1.165, 1.54) is 32.1 Å². The molecule has 0 aromatic heterocycles. The van der Waals surface area contributed by atoms with E-state index in [1.54, 1.807) is 0 Å². The Labute approximate surface area is 111 Å². The molecule has 18 heavy (non-hydrogen) atoms. The van der Waals surface area contributed by atoms with Gasteiger partial charge in [0.1, 0.15) is 0 Å². The van der Waals surface area contributed by atoms with Crippen LogP contribution in [-0.4, -0.2) is 68.3 Å². The maximum atomic E-state index is 6.08. The van der Waals surface area contributed by atoms with E-state index in [0.29, 0.717) is 6.10 Å². The molecule has 2 N–H and O–H groups in total. The summed E-state index contributed by atoms with van der Waals surface area (Å²) in [6, 6.07) is 0. The summed E-state index contributed by atoms with van der Waals surface area (Å²) in [7, 11) is 4.41. The Morgan fingerprint density at radius 2 is 2.06 bits per heavy atom. The third-order valence-electron chi connectivity index (χ3n) is 4.79. The summed E-state index contributed by atoms with van der Waals surface area (Å²) in [5.74, 6) is 0. The second kappa shape index (κ2) is 6.33. The van der Waals surface area contributed by atoms with Crippen LogP contribution in [0.1, 0.15) is 32.1 Å². The van der Waals surface area contributed by atoms with Gasteiger partial charge in [-0.2, -0.15) is 0 Å². The molecule has 0 aromatic carbocycles. The minimum atomic E-state index is 0.234. The van der Waals surface area contributed by atoms with E-state index in [0.717, 1.165) is 32.8 Å². The highest BCUT2D eigenvalue weighted by Crippen LogP contribution is 2.32. The zero-order valence-electron chi connectivity index (χ0n) is 12.0. The molecule has 4 heteroatoms. The Hall–Kier alpha value is -0.160. The SMILES string of the molecule is CN1CCOC(CN(C)C2(CN)CCCCC2)C1. The van der Waals surface area contributed by atoms with Gasteiger partial charge in [0.15, 0.2) is 0 Å². The van der Waals surface area contributed by atoms with Crippen molar-refractivity contribution in [2.75, 3.05) is 46.9 Å². The molecule has 1 heterocycles. The molecule has 106 valence electrons. The average Bonchev–Trinajstić information content (AvgIpc) is 2.39. The molecule has 1 saturated carbocycles. The molecular weight excluding hydrogens is 226 g/mol. The van der Waals surface area contributed by atoms with Gasteiger partial charge in [0.05, 0.1) is 12.7 Å². The minimum Gasteiger partial charge on any atom is -0.374 e. The van der Waals surface area contributed by atoms with Gasteiger partial charge in [-0.1, -0.05) is 19.3 Å². The van der Waals surface area contributed by atoms with E-state index in [1.807, 2.05) is 0 Å². The first-order valence-electron chi connectivity index (χ1n) is 7.38. The molecule has 1 unspecified atom stereocenters. The highest BCUT2D eigenvalue weighted by molar-refractivity contribution is 4.94. The Bertz CT molecular complexity index is 253. The lowest BCUT2D eigenvalue weighted by Gasteiger charge is -2.46.